The lowest BCUT2D eigenvalue weighted by atomic mass is 10.2. The first-order valence-electron chi connectivity index (χ1n) is 6.48. The molecule has 0 fully saturated rings. The van der Waals surface area contributed by atoms with Crippen molar-refractivity contribution in [2.75, 3.05) is 6.79 Å². The first kappa shape index (κ1) is 15.8. The molecule has 2 heteroatoms. The molecule has 0 aliphatic carbocycles. The number of ether oxygens (including phenoxy) is 2. The summed E-state index contributed by atoms with van der Waals surface area (Å²) >= 11 is 0. The number of hydrogen-bond acceptors (Lipinski definition) is 2. The maximum absolute atomic E-state index is 5.61. The fourth-order valence-electron chi connectivity index (χ4n) is 1.55. The quantitative estimate of drug-likeness (QED) is 0.242. The smallest absolute Gasteiger partial charge is 0.189 e. The molecule has 0 saturated heterocycles. The van der Waals surface area contributed by atoms with E-state index in [0.717, 1.165) is 11.1 Å². The molecule has 104 valence electrons. The highest BCUT2D eigenvalue weighted by Crippen LogP contribution is 2.10. The maximum atomic E-state index is 5.61. The van der Waals surface area contributed by atoms with E-state index >= 15 is 0 Å². The summed E-state index contributed by atoms with van der Waals surface area (Å²) in [7, 11) is 0. The van der Waals surface area contributed by atoms with Gasteiger partial charge in [0.1, 0.15) is 5.76 Å². The minimum Gasteiger partial charge on any atom is -0.466 e. The zero-order chi connectivity index (χ0) is 14.6. The van der Waals surface area contributed by atoms with Crippen molar-refractivity contribution in [3.63, 3.8) is 0 Å². The van der Waals surface area contributed by atoms with Crippen LogP contribution in [0.1, 0.15) is 19.4 Å². The van der Waals surface area contributed by atoms with Crippen LogP contribution in [0.4, 0.5) is 0 Å². The van der Waals surface area contributed by atoms with E-state index in [4.69, 9.17) is 9.47 Å². The van der Waals surface area contributed by atoms with Crippen molar-refractivity contribution in [1.29, 1.82) is 0 Å². The molecule has 0 spiro atoms. The van der Waals surface area contributed by atoms with Crippen molar-refractivity contribution in [3.05, 3.63) is 72.0 Å². The summed E-state index contributed by atoms with van der Waals surface area (Å²) in [6.45, 7) is 8.15. The minimum atomic E-state index is 0.178. The highest BCUT2D eigenvalue weighted by Gasteiger charge is 2.00. The predicted molar refractivity (Wildman–Crippen MR) is 82.7 cm³/mol. The van der Waals surface area contributed by atoms with E-state index in [1.807, 2.05) is 49.4 Å². The Labute approximate surface area is 121 Å². The van der Waals surface area contributed by atoms with Crippen LogP contribution < -0.4 is 0 Å². The van der Waals surface area contributed by atoms with Gasteiger partial charge in [0.15, 0.2) is 6.79 Å². The van der Waals surface area contributed by atoms with Gasteiger partial charge in [0.2, 0.25) is 0 Å². The van der Waals surface area contributed by atoms with E-state index in [2.05, 4.69) is 18.4 Å². The average Bonchev–Trinajstić information content (AvgIpc) is 2.49. The van der Waals surface area contributed by atoms with E-state index < -0.39 is 0 Å². The monoisotopic (exact) mass is 268 g/mol. The molecule has 1 rings (SSSR count). The minimum absolute atomic E-state index is 0.178. The molecule has 0 atom stereocenters. The maximum Gasteiger partial charge on any atom is 0.189 e. The molecule has 0 N–H and O–H groups in total. The first-order chi connectivity index (χ1) is 9.81. The van der Waals surface area contributed by atoms with Gasteiger partial charge in [-0.1, -0.05) is 48.9 Å². The Bertz CT molecular complexity index is 528. The summed E-state index contributed by atoms with van der Waals surface area (Å²) in [5.41, 5.74) is 1.87. The number of allylic oxidation sites excluding steroid dienone is 4. The van der Waals surface area contributed by atoms with Gasteiger partial charge in [-0.2, -0.15) is 0 Å². The highest BCUT2D eigenvalue weighted by atomic mass is 16.7. The molecule has 1 aromatic carbocycles. The Morgan fingerprint density at radius 1 is 1.30 bits per heavy atom. The van der Waals surface area contributed by atoms with Gasteiger partial charge in [-0.3, -0.25) is 0 Å². The van der Waals surface area contributed by atoms with Crippen LogP contribution in [-0.4, -0.2) is 6.79 Å². The molecule has 0 amide bonds. The van der Waals surface area contributed by atoms with Gasteiger partial charge in [0.05, 0.1) is 12.2 Å². The van der Waals surface area contributed by atoms with Crippen LogP contribution in [0.2, 0.25) is 0 Å². The molecular weight excluding hydrogens is 248 g/mol. The van der Waals surface area contributed by atoms with Crippen molar-refractivity contribution in [2.45, 2.75) is 20.5 Å². The molecule has 2 nitrogen and oxygen atoms in total. The van der Waals surface area contributed by atoms with E-state index in [-0.39, 0.29) is 6.79 Å². The first-order valence-corrected chi connectivity index (χ1v) is 6.48. The second kappa shape index (κ2) is 9.66. The van der Waals surface area contributed by atoms with Crippen molar-refractivity contribution in [1.82, 2.24) is 0 Å². The molecule has 0 unspecified atom stereocenters. The van der Waals surface area contributed by atoms with E-state index in [1.165, 1.54) is 0 Å². The lowest BCUT2D eigenvalue weighted by Gasteiger charge is -2.09. The Morgan fingerprint density at radius 2 is 2.05 bits per heavy atom. The molecule has 0 aromatic heterocycles. The van der Waals surface area contributed by atoms with E-state index in [1.54, 1.807) is 13.0 Å². The third kappa shape index (κ3) is 5.60. The lowest BCUT2D eigenvalue weighted by molar-refractivity contribution is -0.0288. The Kier molecular flexibility index (Phi) is 7.64. The van der Waals surface area contributed by atoms with Crippen molar-refractivity contribution < 1.29 is 9.47 Å². The molecule has 1 aromatic rings. The van der Waals surface area contributed by atoms with Crippen LogP contribution in [0.25, 0.3) is 0 Å². The zero-order valence-electron chi connectivity index (χ0n) is 12.1. The van der Waals surface area contributed by atoms with Gasteiger partial charge in [-0.15, -0.1) is 5.92 Å². The molecule has 20 heavy (non-hydrogen) atoms. The molecular formula is C18H20O2. The van der Waals surface area contributed by atoms with Crippen molar-refractivity contribution >= 4 is 0 Å². The van der Waals surface area contributed by atoms with Crippen LogP contribution in [-0.2, 0) is 16.1 Å². The summed E-state index contributed by atoms with van der Waals surface area (Å²) in [6.07, 6.45) is 5.43. The van der Waals surface area contributed by atoms with Gasteiger partial charge in [-0.05, 0) is 31.6 Å². The summed E-state index contributed by atoms with van der Waals surface area (Å²) in [6, 6.07) is 9.97. The second-order valence-corrected chi connectivity index (χ2v) is 3.95. The van der Waals surface area contributed by atoms with Gasteiger partial charge in [0, 0.05) is 0 Å². The topological polar surface area (TPSA) is 18.5 Å². The Morgan fingerprint density at radius 3 is 2.65 bits per heavy atom. The fraction of sp³-hybridized carbons (Fsp3) is 0.222. The lowest BCUT2D eigenvalue weighted by Crippen LogP contribution is -2.01. The molecule has 0 aliphatic heterocycles. The summed E-state index contributed by atoms with van der Waals surface area (Å²) in [5, 5.41) is 0. The van der Waals surface area contributed by atoms with Gasteiger partial charge in [-0.25, -0.2) is 0 Å². The van der Waals surface area contributed by atoms with Gasteiger partial charge >= 0.3 is 0 Å². The number of hydrogen-bond donors (Lipinski definition) is 0. The number of benzene rings is 1. The predicted octanol–water partition coefficient (Wildman–Crippen LogP) is 4.22. The average molecular weight is 268 g/mol. The normalized spacial score (nSPS) is 11.5. The molecule has 0 bridgehead atoms. The second-order valence-electron chi connectivity index (χ2n) is 3.95. The van der Waals surface area contributed by atoms with Crippen LogP contribution in [0.15, 0.2) is 66.5 Å². The van der Waals surface area contributed by atoms with Gasteiger partial charge < -0.3 is 9.47 Å². The third-order valence-corrected chi connectivity index (χ3v) is 2.46. The molecule has 0 heterocycles. The van der Waals surface area contributed by atoms with E-state index in [0.29, 0.717) is 12.4 Å². The Balaban J connectivity index is 2.55. The third-order valence-electron chi connectivity index (χ3n) is 2.46. The van der Waals surface area contributed by atoms with Crippen LogP contribution in [0, 0.1) is 11.8 Å². The zero-order valence-corrected chi connectivity index (χ0v) is 12.1. The van der Waals surface area contributed by atoms with Crippen LogP contribution in [0.3, 0.4) is 0 Å². The standard InChI is InChI=1S/C18H20O2/c1-4-10-17(6-3)18(11-5-2)20-15-19-14-16-12-8-7-9-13-16/h5-9,11-13H,3,14-15H2,1-2H3/b11-5-,18-17-. The van der Waals surface area contributed by atoms with Crippen LogP contribution in [0.5, 0.6) is 0 Å². The van der Waals surface area contributed by atoms with Crippen molar-refractivity contribution in [3.8, 4) is 11.8 Å². The molecule has 0 saturated carbocycles. The Hall–Kier alpha value is -2.24. The summed E-state index contributed by atoms with van der Waals surface area (Å²) < 4.78 is 11.1. The summed E-state index contributed by atoms with van der Waals surface area (Å²) in [4.78, 5) is 0. The SMILES string of the molecule is C=C/C(C#CC)=C(\C=C/C)OCOCc1ccccc1. The summed E-state index contributed by atoms with van der Waals surface area (Å²) in [5.74, 6) is 6.47. The largest absolute Gasteiger partial charge is 0.466 e. The fourth-order valence-corrected chi connectivity index (χ4v) is 1.55. The molecule has 0 radical (unpaired) electrons. The van der Waals surface area contributed by atoms with Gasteiger partial charge in [0.25, 0.3) is 0 Å². The highest BCUT2D eigenvalue weighted by molar-refractivity contribution is 5.42. The number of rotatable bonds is 7. The van der Waals surface area contributed by atoms with Crippen molar-refractivity contribution in [2.24, 2.45) is 0 Å². The van der Waals surface area contributed by atoms with E-state index in [9.17, 15) is 0 Å². The van der Waals surface area contributed by atoms with Crippen LogP contribution >= 0.6 is 0 Å². The molecule has 0 aliphatic rings.